The van der Waals surface area contributed by atoms with Crippen LogP contribution in [0.5, 0.6) is 0 Å². The second kappa shape index (κ2) is 5.00. The van der Waals surface area contributed by atoms with E-state index < -0.39 is 6.10 Å². The lowest BCUT2D eigenvalue weighted by Gasteiger charge is -2.03. The van der Waals surface area contributed by atoms with Crippen LogP contribution in [-0.2, 0) is 0 Å². The highest BCUT2D eigenvalue weighted by Crippen LogP contribution is 2.33. The van der Waals surface area contributed by atoms with Gasteiger partial charge in [-0.25, -0.2) is 9.97 Å². The van der Waals surface area contributed by atoms with Gasteiger partial charge >= 0.3 is 0 Å². The molecule has 0 amide bonds. The van der Waals surface area contributed by atoms with Crippen LogP contribution < -0.4 is 0 Å². The average Bonchev–Trinajstić information content (AvgIpc) is 2.87. The fourth-order valence-corrected chi connectivity index (χ4v) is 3.34. The summed E-state index contributed by atoms with van der Waals surface area (Å²) < 4.78 is 0.915. The number of halogens is 1. The van der Waals surface area contributed by atoms with Gasteiger partial charge in [0, 0.05) is 16.1 Å². The van der Waals surface area contributed by atoms with Gasteiger partial charge in [0.05, 0.1) is 16.5 Å². The maximum Gasteiger partial charge on any atom is 0.143 e. The van der Waals surface area contributed by atoms with Crippen LogP contribution in [0, 0.1) is 0 Å². The molecule has 19 heavy (non-hydrogen) atoms. The van der Waals surface area contributed by atoms with Gasteiger partial charge in [0.25, 0.3) is 0 Å². The van der Waals surface area contributed by atoms with E-state index in [4.69, 9.17) is 0 Å². The first-order valence-electron chi connectivity index (χ1n) is 5.84. The first kappa shape index (κ1) is 12.7. The summed E-state index contributed by atoms with van der Waals surface area (Å²) in [5, 5.41) is 11.5. The molecule has 3 nitrogen and oxygen atoms in total. The molecule has 0 saturated carbocycles. The number of aliphatic hydroxyl groups is 1. The summed E-state index contributed by atoms with van der Waals surface area (Å²) in [4.78, 5) is 9.82. The highest BCUT2D eigenvalue weighted by atomic mass is 79.9. The Labute approximate surface area is 123 Å². The van der Waals surface area contributed by atoms with Gasteiger partial charge in [-0.2, -0.15) is 0 Å². The lowest BCUT2D eigenvalue weighted by atomic mass is 10.2. The number of rotatable bonds is 2. The van der Waals surface area contributed by atoms with Gasteiger partial charge in [-0.3, -0.25) is 0 Å². The predicted octanol–water partition coefficient (Wildman–Crippen LogP) is 4.17. The Bertz CT molecular complexity index is 739. The van der Waals surface area contributed by atoms with Crippen molar-refractivity contribution in [2.75, 3.05) is 0 Å². The maximum atomic E-state index is 9.56. The number of aliphatic hydroxyl groups excluding tert-OH is 1. The molecule has 0 saturated heterocycles. The van der Waals surface area contributed by atoms with Gasteiger partial charge < -0.3 is 5.11 Å². The topological polar surface area (TPSA) is 46.0 Å². The number of aromatic nitrogens is 2. The first-order chi connectivity index (χ1) is 9.15. The SMILES string of the molecule is CC(O)c1cnc(-c2nc3ccccc3cc2Br)s1. The Morgan fingerprint density at radius 3 is 2.84 bits per heavy atom. The van der Waals surface area contributed by atoms with Crippen molar-refractivity contribution in [1.29, 1.82) is 0 Å². The molecule has 0 fully saturated rings. The second-order valence-corrected chi connectivity index (χ2v) is 6.17. The molecule has 2 aromatic heterocycles. The van der Waals surface area contributed by atoms with Gasteiger partial charge in [0.2, 0.25) is 0 Å². The van der Waals surface area contributed by atoms with E-state index in [0.717, 1.165) is 31.0 Å². The van der Waals surface area contributed by atoms with E-state index in [9.17, 15) is 5.11 Å². The van der Waals surface area contributed by atoms with Crippen molar-refractivity contribution in [2.24, 2.45) is 0 Å². The summed E-state index contributed by atoms with van der Waals surface area (Å²) in [6.07, 6.45) is 1.21. The fourth-order valence-electron chi connectivity index (χ4n) is 1.83. The molecule has 1 aromatic carbocycles. The van der Waals surface area contributed by atoms with Crippen LogP contribution in [0.2, 0.25) is 0 Å². The molecule has 1 unspecified atom stereocenters. The van der Waals surface area contributed by atoms with E-state index in [1.165, 1.54) is 11.3 Å². The summed E-state index contributed by atoms with van der Waals surface area (Å²) in [5.74, 6) is 0. The van der Waals surface area contributed by atoms with Gasteiger partial charge in [0.1, 0.15) is 10.7 Å². The van der Waals surface area contributed by atoms with Crippen molar-refractivity contribution in [2.45, 2.75) is 13.0 Å². The number of thiazole rings is 1. The highest BCUT2D eigenvalue weighted by Gasteiger charge is 2.13. The van der Waals surface area contributed by atoms with Crippen molar-refractivity contribution in [3.8, 4) is 10.7 Å². The summed E-state index contributed by atoms with van der Waals surface area (Å²) in [6.45, 7) is 1.74. The molecule has 0 aliphatic heterocycles. The molecule has 0 bridgehead atoms. The zero-order chi connectivity index (χ0) is 13.4. The number of hydrogen-bond acceptors (Lipinski definition) is 4. The van der Waals surface area contributed by atoms with Gasteiger partial charge in [-0.1, -0.05) is 18.2 Å². The molecular formula is C14H11BrN2OS. The second-order valence-electron chi connectivity index (χ2n) is 4.26. The van der Waals surface area contributed by atoms with Crippen LogP contribution >= 0.6 is 27.3 Å². The molecule has 3 aromatic rings. The molecule has 96 valence electrons. The molecule has 1 atom stereocenters. The third-order valence-electron chi connectivity index (χ3n) is 2.82. The Hall–Kier alpha value is -1.30. The van der Waals surface area contributed by atoms with E-state index in [1.54, 1.807) is 13.1 Å². The normalized spacial score (nSPS) is 12.8. The highest BCUT2D eigenvalue weighted by molar-refractivity contribution is 9.10. The number of para-hydroxylation sites is 1. The number of fused-ring (bicyclic) bond motifs is 1. The minimum Gasteiger partial charge on any atom is -0.388 e. The van der Waals surface area contributed by atoms with Gasteiger partial charge in [-0.05, 0) is 35.0 Å². The third kappa shape index (κ3) is 2.41. The van der Waals surface area contributed by atoms with Gasteiger partial charge in [0.15, 0.2) is 0 Å². The van der Waals surface area contributed by atoms with Crippen molar-refractivity contribution in [1.82, 2.24) is 9.97 Å². The third-order valence-corrected chi connectivity index (χ3v) is 4.59. The fraction of sp³-hybridized carbons (Fsp3) is 0.143. The summed E-state index contributed by atoms with van der Waals surface area (Å²) in [7, 11) is 0. The summed E-state index contributed by atoms with van der Waals surface area (Å²) >= 11 is 5.01. The molecular weight excluding hydrogens is 324 g/mol. The number of benzene rings is 1. The molecule has 0 radical (unpaired) electrons. The Morgan fingerprint density at radius 2 is 2.11 bits per heavy atom. The monoisotopic (exact) mass is 334 g/mol. The van der Waals surface area contributed by atoms with Crippen LogP contribution in [0.4, 0.5) is 0 Å². The maximum absolute atomic E-state index is 9.56. The van der Waals surface area contributed by atoms with Crippen molar-refractivity contribution < 1.29 is 5.11 Å². The zero-order valence-electron chi connectivity index (χ0n) is 10.2. The standard InChI is InChI=1S/C14H11BrN2OS/c1-8(18)12-7-16-14(19-12)13-10(15)6-9-4-2-3-5-11(9)17-13/h2-8,18H,1H3. The van der Waals surface area contributed by atoms with E-state index in [1.807, 2.05) is 30.3 Å². The smallest absolute Gasteiger partial charge is 0.143 e. The van der Waals surface area contributed by atoms with Gasteiger partial charge in [-0.15, -0.1) is 11.3 Å². The lowest BCUT2D eigenvalue weighted by Crippen LogP contribution is -1.86. The van der Waals surface area contributed by atoms with E-state index in [-0.39, 0.29) is 0 Å². The largest absolute Gasteiger partial charge is 0.388 e. The van der Waals surface area contributed by atoms with Crippen molar-refractivity contribution in [3.63, 3.8) is 0 Å². The first-order valence-corrected chi connectivity index (χ1v) is 7.45. The zero-order valence-corrected chi connectivity index (χ0v) is 12.6. The molecule has 0 aliphatic rings. The van der Waals surface area contributed by atoms with Crippen LogP contribution in [0.25, 0.3) is 21.6 Å². The summed E-state index contributed by atoms with van der Waals surface area (Å²) in [6, 6.07) is 10.0. The minimum atomic E-state index is -0.495. The lowest BCUT2D eigenvalue weighted by molar-refractivity contribution is 0.203. The van der Waals surface area contributed by atoms with E-state index in [0.29, 0.717) is 0 Å². The number of nitrogens with zero attached hydrogens (tertiary/aromatic N) is 2. The summed E-state index contributed by atoms with van der Waals surface area (Å²) in [5.41, 5.74) is 1.75. The van der Waals surface area contributed by atoms with Crippen molar-refractivity contribution >= 4 is 38.2 Å². The molecule has 1 N–H and O–H groups in total. The Morgan fingerprint density at radius 1 is 1.32 bits per heavy atom. The van der Waals surface area contributed by atoms with Crippen LogP contribution in [0.15, 0.2) is 41.0 Å². The molecule has 5 heteroatoms. The molecule has 3 rings (SSSR count). The van der Waals surface area contributed by atoms with Crippen molar-refractivity contribution in [3.05, 3.63) is 45.9 Å². The molecule has 0 spiro atoms. The average molecular weight is 335 g/mol. The number of pyridine rings is 1. The number of hydrogen-bond donors (Lipinski definition) is 1. The van der Waals surface area contributed by atoms with Crippen LogP contribution in [0.3, 0.4) is 0 Å². The van der Waals surface area contributed by atoms with E-state index >= 15 is 0 Å². The molecule has 2 heterocycles. The van der Waals surface area contributed by atoms with Crippen LogP contribution in [-0.4, -0.2) is 15.1 Å². The minimum absolute atomic E-state index is 0.495. The quantitative estimate of drug-likeness (QED) is 0.764. The predicted molar refractivity (Wildman–Crippen MR) is 81.2 cm³/mol. The Balaban J connectivity index is 2.15. The molecule has 0 aliphatic carbocycles. The van der Waals surface area contributed by atoms with E-state index in [2.05, 4.69) is 25.9 Å². The van der Waals surface area contributed by atoms with Crippen LogP contribution in [0.1, 0.15) is 17.9 Å². The Kier molecular flexibility index (Phi) is 3.35.